The van der Waals surface area contributed by atoms with Crippen LogP contribution in [0.2, 0.25) is 0 Å². The summed E-state index contributed by atoms with van der Waals surface area (Å²) in [5.41, 5.74) is 2.53. The Morgan fingerprint density at radius 2 is 2.05 bits per heavy atom. The standard InChI is InChI=1S/C15H22N2S2/c1-10(2)7-13-14(8-16-11(3)4)19-15(17-13)12-5-6-18-9-12/h5-6,9-11,16H,7-8H2,1-4H3. The minimum Gasteiger partial charge on any atom is -0.310 e. The molecule has 104 valence electrons. The van der Waals surface area contributed by atoms with Crippen LogP contribution in [0.4, 0.5) is 0 Å². The van der Waals surface area contributed by atoms with Crippen molar-refractivity contribution in [2.45, 2.75) is 46.7 Å². The zero-order valence-corrected chi connectivity index (χ0v) is 13.7. The number of hydrogen-bond donors (Lipinski definition) is 1. The largest absolute Gasteiger partial charge is 0.310 e. The fraction of sp³-hybridized carbons (Fsp3) is 0.533. The number of thiazole rings is 1. The van der Waals surface area contributed by atoms with Gasteiger partial charge in [0, 0.05) is 28.4 Å². The predicted molar refractivity (Wildman–Crippen MR) is 85.9 cm³/mol. The topological polar surface area (TPSA) is 24.9 Å². The molecule has 2 aromatic rings. The minimum atomic E-state index is 0.513. The van der Waals surface area contributed by atoms with E-state index in [-0.39, 0.29) is 0 Å². The number of rotatable bonds is 6. The summed E-state index contributed by atoms with van der Waals surface area (Å²) in [4.78, 5) is 6.25. The Morgan fingerprint density at radius 1 is 1.26 bits per heavy atom. The van der Waals surface area contributed by atoms with E-state index in [4.69, 9.17) is 4.98 Å². The molecule has 0 aliphatic carbocycles. The summed E-state index contributed by atoms with van der Waals surface area (Å²) in [7, 11) is 0. The quantitative estimate of drug-likeness (QED) is 0.844. The molecule has 0 spiro atoms. The van der Waals surface area contributed by atoms with Crippen LogP contribution in [-0.2, 0) is 13.0 Å². The molecule has 0 radical (unpaired) electrons. The number of thiophene rings is 1. The lowest BCUT2D eigenvalue weighted by molar-refractivity contribution is 0.581. The van der Waals surface area contributed by atoms with Crippen molar-refractivity contribution in [2.75, 3.05) is 0 Å². The third-order valence-electron chi connectivity index (χ3n) is 2.82. The summed E-state index contributed by atoms with van der Waals surface area (Å²) in [6.45, 7) is 9.81. The van der Waals surface area contributed by atoms with Gasteiger partial charge in [-0.3, -0.25) is 0 Å². The highest BCUT2D eigenvalue weighted by atomic mass is 32.1. The summed E-state index contributed by atoms with van der Waals surface area (Å²) in [6, 6.07) is 2.67. The van der Waals surface area contributed by atoms with Crippen molar-refractivity contribution in [3.8, 4) is 10.6 Å². The van der Waals surface area contributed by atoms with E-state index >= 15 is 0 Å². The molecule has 4 heteroatoms. The Bertz CT molecular complexity index is 498. The fourth-order valence-electron chi connectivity index (χ4n) is 1.87. The Hall–Kier alpha value is -0.710. The van der Waals surface area contributed by atoms with Crippen LogP contribution in [0, 0.1) is 5.92 Å². The summed E-state index contributed by atoms with van der Waals surface area (Å²) < 4.78 is 0. The first kappa shape index (κ1) is 14.7. The Kier molecular flexibility index (Phi) is 5.13. The van der Waals surface area contributed by atoms with Crippen LogP contribution >= 0.6 is 22.7 Å². The summed E-state index contributed by atoms with van der Waals surface area (Å²) in [5, 5.41) is 8.97. The van der Waals surface area contributed by atoms with Gasteiger partial charge in [0.15, 0.2) is 0 Å². The van der Waals surface area contributed by atoms with Gasteiger partial charge in [-0.25, -0.2) is 4.98 Å². The molecule has 0 amide bonds. The highest BCUT2D eigenvalue weighted by molar-refractivity contribution is 7.15. The van der Waals surface area contributed by atoms with Crippen LogP contribution < -0.4 is 5.32 Å². The monoisotopic (exact) mass is 294 g/mol. The minimum absolute atomic E-state index is 0.513. The van der Waals surface area contributed by atoms with Crippen molar-refractivity contribution >= 4 is 22.7 Å². The van der Waals surface area contributed by atoms with Crippen molar-refractivity contribution < 1.29 is 0 Å². The van der Waals surface area contributed by atoms with Crippen LogP contribution in [0.5, 0.6) is 0 Å². The molecule has 0 unspecified atom stereocenters. The molecule has 0 aromatic carbocycles. The summed E-state index contributed by atoms with van der Waals surface area (Å²) in [6.07, 6.45) is 1.07. The molecule has 0 saturated carbocycles. The van der Waals surface area contributed by atoms with Crippen LogP contribution in [0.1, 0.15) is 38.3 Å². The highest BCUT2D eigenvalue weighted by Gasteiger charge is 2.14. The number of nitrogens with zero attached hydrogens (tertiary/aromatic N) is 1. The van der Waals surface area contributed by atoms with Crippen LogP contribution in [0.25, 0.3) is 10.6 Å². The number of aromatic nitrogens is 1. The lowest BCUT2D eigenvalue weighted by Crippen LogP contribution is -2.22. The SMILES string of the molecule is CC(C)Cc1nc(-c2ccsc2)sc1CNC(C)C. The van der Waals surface area contributed by atoms with E-state index in [1.165, 1.54) is 16.1 Å². The molecule has 2 heterocycles. The normalized spacial score (nSPS) is 11.7. The lowest BCUT2D eigenvalue weighted by Gasteiger charge is -2.08. The van der Waals surface area contributed by atoms with Crippen LogP contribution in [0.15, 0.2) is 16.8 Å². The molecule has 0 aliphatic rings. The predicted octanol–water partition coefficient (Wildman–Crippen LogP) is 4.57. The molecular formula is C15H22N2S2. The maximum Gasteiger partial charge on any atom is 0.124 e. The molecule has 19 heavy (non-hydrogen) atoms. The Labute approximate surface area is 123 Å². The average Bonchev–Trinajstić information content (AvgIpc) is 2.94. The van der Waals surface area contributed by atoms with Gasteiger partial charge in [-0.2, -0.15) is 11.3 Å². The van der Waals surface area contributed by atoms with Gasteiger partial charge in [0.2, 0.25) is 0 Å². The van der Waals surface area contributed by atoms with Crippen LogP contribution in [-0.4, -0.2) is 11.0 Å². The smallest absolute Gasteiger partial charge is 0.124 e. The molecule has 2 rings (SSSR count). The van der Waals surface area contributed by atoms with Gasteiger partial charge >= 0.3 is 0 Å². The number of hydrogen-bond acceptors (Lipinski definition) is 4. The second-order valence-electron chi connectivity index (χ2n) is 5.53. The number of nitrogens with one attached hydrogen (secondary N) is 1. The van der Waals surface area contributed by atoms with Gasteiger partial charge in [-0.1, -0.05) is 27.7 Å². The summed E-state index contributed by atoms with van der Waals surface area (Å²) >= 11 is 3.57. The fourth-order valence-corrected chi connectivity index (χ4v) is 3.63. The second kappa shape index (κ2) is 6.64. The van der Waals surface area contributed by atoms with E-state index in [1.54, 1.807) is 11.3 Å². The van der Waals surface area contributed by atoms with E-state index in [2.05, 4.69) is 49.8 Å². The molecule has 0 bridgehead atoms. The third kappa shape index (κ3) is 4.13. The maximum absolute atomic E-state index is 4.86. The first-order chi connectivity index (χ1) is 9.06. The van der Waals surface area contributed by atoms with E-state index in [0.29, 0.717) is 12.0 Å². The highest BCUT2D eigenvalue weighted by Crippen LogP contribution is 2.30. The van der Waals surface area contributed by atoms with E-state index in [0.717, 1.165) is 18.0 Å². The second-order valence-corrected chi connectivity index (χ2v) is 7.40. The zero-order valence-electron chi connectivity index (χ0n) is 12.1. The summed E-state index contributed by atoms with van der Waals surface area (Å²) in [5.74, 6) is 0.648. The van der Waals surface area contributed by atoms with Gasteiger partial charge in [-0.05, 0) is 23.8 Å². The lowest BCUT2D eigenvalue weighted by atomic mass is 10.1. The third-order valence-corrected chi connectivity index (χ3v) is 4.65. The molecule has 0 fully saturated rings. The van der Waals surface area contributed by atoms with Gasteiger partial charge in [0.05, 0.1) is 5.69 Å². The van der Waals surface area contributed by atoms with E-state index < -0.39 is 0 Å². The van der Waals surface area contributed by atoms with Crippen molar-refractivity contribution in [1.29, 1.82) is 0 Å². The van der Waals surface area contributed by atoms with Gasteiger partial charge < -0.3 is 5.32 Å². The first-order valence-electron chi connectivity index (χ1n) is 6.80. The molecule has 2 nitrogen and oxygen atoms in total. The average molecular weight is 294 g/mol. The molecular weight excluding hydrogens is 272 g/mol. The van der Waals surface area contributed by atoms with Crippen molar-refractivity contribution in [3.05, 3.63) is 27.4 Å². The van der Waals surface area contributed by atoms with Gasteiger partial charge in [0.25, 0.3) is 0 Å². The molecule has 0 aliphatic heterocycles. The van der Waals surface area contributed by atoms with Gasteiger partial charge in [-0.15, -0.1) is 11.3 Å². The molecule has 0 saturated heterocycles. The van der Waals surface area contributed by atoms with Crippen LogP contribution in [0.3, 0.4) is 0 Å². The Balaban J connectivity index is 2.23. The van der Waals surface area contributed by atoms with Crippen molar-refractivity contribution in [2.24, 2.45) is 5.92 Å². The zero-order chi connectivity index (χ0) is 13.8. The van der Waals surface area contributed by atoms with Crippen molar-refractivity contribution in [3.63, 3.8) is 0 Å². The van der Waals surface area contributed by atoms with Crippen molar-refractivity contribution in [1.82, 2.24) is 10.3 Å². The van der Waals surface area contributed by atoms with E-state index in [1.807, 2.05) is 11.3 Å². The molecule has 0 atom stereocenters. The van der Waals surface area contributed by atoms with E-state index in [9.17, 15) is 0 Å². The van der Waals surface area contributed by atoms with Gasteiger partial charge in [0.1, 0.15) is 5.01 Å². The molecule has 2 aromatic heterocycles. The molecule has 1 N–H and O–H groups in total. The maximum atomic E-state index is 4.86. The first-order valence-corrected chi connectivity index (χ1v) is 8.56. The Morgan fingerprint density at radius 3 is 2.63 bits per heavy atom.